The summed E-state index contributed by atoms with van der Waals surface area (Å²) in [5.74, 6) is -6.95. The van der Waals surface area contributed by atoms with E-state index in [1.807, 2.05) is 0 Å². The van der Waals surface area contributed by atoms with Crippen molar-refractivity contribution in [1.82, 2.24) is 0 Å². The van der Waals surface area contributed by atoms with Crippen molar-refractivity contribution in [3.63, 3.8) is 0 Å². The van der Waals surface area contributed by atoms with Crippen LogP contribution in [0.4, 0.5) is 0 Å². The van der Waals surface area contributed by atoms with Crippen molar-refractivity contribution in [3.8, 4) is 17.2 Å². The molecule has 2 saturated heterocycles. The minimum atomic E-state index is -1.83. The van der Waals surface area contributed by atoms with Gasteiger partial charge >= 0.3 is 41.8 Å². The Labute approximate surface area is 330 Å². The lowest BCUT2D eigenvalue weighted by Crippen LogP contribution is -2.64. The summed E-state index contributed by atoms with van der Waals surface area (Å²) in [4.78, 5) is 99.4. The number of carbonyl (C=O) groups excluding carboxylic acids is 7. The van der Waals surface area contributed by atoms with Crippen LogP contribution in [0.1, 0.15) is 61.2 Å². The van der Waals surface area contributed by atoms with Crippen molar-refractivity contribution in [2.75, 3.05) is 13.7 Å². The topological polar surface area (TPSA) is 260 Å². The lowest BCUT2D eigenvalue weighted by atomic mass is 9.97. The molecule has 2 fully saturated rings. The number of hydrogen-bond acceptors (Lipinski definition) is 21. The van der Waals surface area contributed by atoms with Crippen LogP contribution < -0.4 is 19.6 Å². The van der Waals surface area contributed by atoms with Crippen LogP contribution >= 0.6 is 0 Å². The largest absolute Gasteiger partial charge is 0.492 e. The molecule has 21 nitrogen and oxygen atoms in total. The Hall–Kier alpha value is -5.80. The highest BCUT2D eigenvalue weighted by molar-refractivity contribution is 5.90. The minimum Gasteiger partial charge on any atom is -0.492 e. The predicted molar refractivity (Wildman–Crippen MR) is 188 cm³/mol. The molecule has 0 saturated carbocycles. The van der Waals surface area contributed by atoms with Crippen LogP contribution in [0.2, 0.25) is 0 Å². The fourth-order valence-electron chi connectivity index (χ4n) is 6.39. The number of hydrogen-bond donors (Lipinski definition) is 0. The molecular weight excluding hydrogens is 780 g/mol. The molecular formula is C37H44O21. The van der Waals surface area contributed by atoms with Gasteiger partial charge in [-0.2, -0.15) is 0 Å². The quantitative estimate of drug-likeness (QED) is 0.157. The Bertz CT molecular complexity index is 1970. The zero-order valence-electron chi connectivity index (χ0n) is 33.2. The fourth-order valence-corrected chi connectivity index (χ4v) is 6.39. The maximum Gasteiger partial charge on any atom is 0.308 e. The smallest absolute Gasteiger partial charge is 0.308 e. The summed E-state index contributed by atoms with van der Waals surface area (Å²) in [6, 6.07) is 2.36. The summed E-state index contributed by atoms with van der Waals surface area (Å²) in [6.45, 7) is 9.70. The van der Waals surface area contributed by atoms with Gasteiger partial charge in [-0.15, -0.1) is 0 Å². The maximum absolute atomic E-state index is 13.1. The molecule has 0 N–H and O–H groups in total. The van der Waals surface area contributed by atoms with Crippen LogP contribution in [0.25, 0.3) is 11.0 Å². The van der Waals surface area contributed by atoms with E-state index in [1.54, 1.807) is 0 Å². The number of aryl methyl sites for hydroxylation is 1. The molecule has 0 radical (unpaired) electrons. The molecule has 21 heteroatoms. The number of fused-ring (bicyclic) bond motifs is 1. The molecule has 4 rings (SSSR count). The highest BCUT2D eigenvalue weighted by Crippen LogP contribution is 2.44. The molecule has 0 bridgehead atoms. The fraction of sp³-hybridized carbons (Fsp3) is 0.568. The van der Waals surface area contributed by atoms with Crippen LogP contribution in [0, 0.1) is 6.92 Å². The van der Waals surface area contributed by atoms with E-state index >= 15 is 0 Å². The normalized spacial score (nSPS) is 26.7. The molecule has 0 aliphatic carbocycles. The minimum absolute atomic E-state index is 0.0868. The van der Waals surface area contributed by atoms with Gasteiger partial charge in [0.2, 0.25) is 18.1 Å². The SMILES string of the molecule is COc1c(OC(C)=O)c(O[C@@H]2O[C@H](CO[C@@H]3O[C@@H](C)[C@H](OC(C)=O)[C@@H](OC(C)=O)[C@H]3OC(C)=O)[C@@H](OC(C)=O)[C@H](OC(C)=O)[C@H]2OC(C)=O)cc2oc(C)cc(=O)c12. The Balaban J connectivity index is 1.84. The number of ether oxygens (including phenoxy) is 12. The zero-order chi connectivity index (χ0) is 43.2. The molecule has 0 amide bonds. The molecule has 10 atom stereocenters. The van der Waals surface area contributed by atoms with Gasteiger partial charge in [0, 0.05) is 60.6 Å². The van der Waals surface area contributed by atoms with E-state index in [9.17, 15) is 38.4 Å². The number of rotatable bonds is 13. The van der Waals surface area contributed by atoms with Crippen LogP contribution in [0.3, 0.4) is 0 Å². The summed E-state index contributed by atoms with van der Waals surface area (Å²) in [7, 11) is 1.19. The Morgan fingerprint density at radius 2 is 1.09 bits per heavy atom. The number of esters is 7. The molecule has 1 aromatic heterocycles. The zero-order valence-corrected chi connectivity index (χ0v) is 33.2. The van der Waals surface area contributed by atoms with Crippen molar-refractivity contribution in [3.05, 3.63) is 28.1 Å². The monoisotopic (exact) mass is 824 g/mol. The lowest BCUT2D eigenvalue weighted by Gasteiger charge is -2.46. The van der Waals surface area contributed by atoms with Gasteiger partial charge < -0.3 is 61.3 Å². The molecule has 2 aromatic rings. The summed E-state index contributed by atoms with van der Waals surface area (Å²) in [5, 5.41) is -0.121. The van der Waals surface area contributed by atoms with E-state index in [1.165, 1.54) is 33.1 Å². The summed E-state index contributed by atoms with van der Waals surface area (Å²) in [5.41, 5.74) is -0.642. The summed E-state index contributed by atoms with van der Waals surface area (Å²) < 4.78 is 74.0. The van der Waals surface area contributed by atoms with Gasteiger partial charge in [-0.3, -0.25) is 38.4 Å². The molecule has 0 spiro atoms. The first-order valence-corrected chi connectivity index (χ1v) is 17.7. The van der Waals surface area contributed by atoms with Crippen molar-refractivity contribution in [2.45, 2.75) is 124 Å². The standard InChI is InChI=1S/C37H44O21/c1-14-11-23(45)27-24(48-14)12-25(29(31(27)46-10)51-17(4)39)57-37-35(56-22(9)44)33(54-20(7)42)30(52-18(5)40)26(58-37)13-47-36-34(55-21(8)43)32(53-19(6)41)28(15(2)49-36)50-16(3)38/h11-12,15,26,28,30,32-37H,13H2,1-10H3/t15-,26+,28-,30+,32+,33-,34+,35+,36+,37+/m0/s1. The number of carbonyl (C=O) groups is 7. The highest BCUT2D eigenvalue weighted by Gasteiger charge is 2.55. The molecule has 2 aliphatic heterocycles. The van der Waals surface area contributed by atoms with Gasteiger partial charge in [0.15, 0.2) is 53.7 Å². The molecule has 58 heavy (non-hydrogen) atoms. The van der Waals surface area contributed by atoms with Gasteiger partial charge in [0.25, 0.3) is 0 Å². The van der Waals surface area contributed by atoms with Gasteiger partial charge in [-0.25, -0.2) is 0 Å². The number of methoxy groups -OCH3 is 1. The maximum atomic E-state index is 13.1. The van der Waals surface area contributed by atoms with Crippen LogP contribution in [0.5, 0.6) is 17.2 Å². The van der Waals surface area contributed by atoms with Gasteiger partial charge in [-0.1, -0.05) is 0 Å². The van der Waals surface area contributed by atoms with Crippen molar-refractivity contribution in [2.24, 2.45) is 0 Å². The van der Waals surface area contributed by atoms with Crippen molar-refractivity contribution >= 4 is 52.8 Å². The third kappa shape index (κ3) is 11.0. The van der Waals surface area contributed by atoms with E-state index in [-0.39, 0.29) is 28.2 Å². The van der Waals surface area contributed by atoms with E-state index in [0.717, 1.165) is 48.5 Å². The molecule has 0 unspecified atom stereocenters. The molecule has 318 valence electrons. The van der Waals surface area contributed by atoms with Gasteiger partial charge in [0.05, 0.1) is 19.8 Å². The van der Waals surface area contributed by atoms with E-state index in [4.69, 9.17) is 61.3 Å². The van der Waals surface area contributed by atoms with Crippen molar-refractivity contribution in [1.29, 1.82) is 0 Å². The summed E-state index contributed by atoms with van der Waals surface area (Å²) in [6.07, 6.45) is -15.3. The van der Waals surface area contributed by atoms with Gasteiger partial charge in [0.1, 0.15) is 22.8 Å². The van der Waals surface area contributed by atoms with Crippen LogP contribution in [-0.4, -0.2) is 117 Å². The van der Waals surface area contributed by atoms with E-state index in [2.05, 4.69) is 0 Å². The molecule has 3 heterocycles. The molecule has 2 aliphatic rings. The van der Waals surface area contributed by atoms with Crippen molar-refractivity contribution < 1.29 is 94.8 Å². The second-order valence-electron chi connectivity index (χ2n) is 13.1. The first-order chi connectivity index (χ1) is 27.2. The average Bonchev–Trinajstić information content (AvgIpc) is 3.08. The Morgan fingerprint density at radius 1 is 0.603 bits per heavy atom. The second-order valence-corrected chi connectivity index (χ2v) is 13.1. The van der Waals surface area contributed by atoms with E-state index < -0.39 is 121 Å². The third-order valence-electron chi connectivity index (χ3n) is 8.27. The predicted octanol–water partition coefficient (Wildman–Crippen LogP) is 1.49. The van der Waals surface area contributed by atoms with Crippen LogP contribution in [-0.2, 0) is 76.2 Å². The van der Waals surface area contributed by atoms with Gasteiger partial charge in [-0.05, 0) is 13.8 Å². The lowest BCUT2D eigenvalue weighted by molar-refractivity contribution is -0.323. The highest BCUT2D eigenvalue weighted by atomic mass is 16.8. The van der Waals surface area contributed by atoms with E-state index in [0.29, 0.717) is 0 Å². The number of benzene rings is 1. The summed E-state index contributed by atoms with van der Waals surface area (Å²) >= 11 is 0. The Kier molecular flexibility index (Phi) is 14.8. The third-order valence-corrected chi connectivity index (χ3v) is 8.27. The average molecular weight is 825 g/mol. The second kappa shape index (κ2) is 19.1. The molecule has 1 aromatic carbocycles. The Morgan fingerprint density at radius 3 is 1.60 bits per heavy atom. The first-order valence-electron chi connectivity index (χ1n) is 17.7. The first kappa shape index (κ1) is 44.9. The van der Waals surface area contributed by atoms with Crippen LogP contribution in [0.15, 0.2) is 21.3 Å².